The highest BCUT2D eigenvalue weighted by Gasteiger charge is 2.32. The molecule has 4 heteroatoms. The summed E-state index contributed by atoms with van der Waals surface area (Å²) >= 11 is 0. The van der Waals surface area contributed by atoms with Crippen LogP contribution >= 0.6 is 0 Å². The second-order valence-corrected chi connectivity index (χ2v) is 5.80. The second-order valence-electron chi connectivity index (χ2n) is 5.80. The molecule has 0 heterocycles. The number of fused-ring (bicyclic) bond motifs is 3. The molecular formula is C18H16O4. The van der Waals surface area contributed by atoms with Gasteiger partial charge in [0.1, 0.15) is 0 Å². The summed E-state index contributed by atoms with van der Waals surface area (Å²) in [5.74, 6) is -2.17. The summed E-state index contributed by atoms with van der Waals surface area (Å²) < 4.78 is 0. The van der Waals surface area contributed by atoms with Crippen molar-refractivity contribution in [3.8, 4) is 11.1 Å². The molecule has 0 aliphatic heterocycles. The number of carboxylic acids is 2. The van der Waals surface area contributed by atoms with Crippen molar-refractivity contribution in [2.45, 2.75) is 26.2 Å². The van der Waals surface area contributed by atoms with Crippen LogP contribution in [0.1, 0.15) is 45.0 Å². The van der Waals surface area contributed by atoms with E-state index in [0.717, 1.165) is 33.4 Å². The molecule has 0 amide bonds. The van der Waals surface area contributed by atoms with E-state index in [0.29, 0.717) is 0 Å². The van der Waals surface area contributed by atoms with Crippen molar-refractivity contribution in [1.29, 1.82) is 0 Å². The molecule has 0 aromatic heterocycles. The maximum absolute atomic E-state index is 11.3. The fraction of sp³-hybridized carbons (Fsp3) is 0.222. The van der Waals surface area contributed by atoms with E-state index >= 15 is 0 Å². The van der Waals surface area contributed by atoms with Crippen molar-refractivity contribution >= 4 is 11.9 Å². The third kappa shape index (κ3) is 2.17. The molecule has 1 unspecified atom stereocenters. The van der Waals surface area contributed by atoms with Crippen molar-refractivity contribution in [3.05, 3.63) is 58.1 Å². The Kier molecular flexibility index (Phi) is 3.24. The number of aromatic carboxylic acids is 1. The van der Waals surface area contributed by atoms with Crippen LogP contribution in [0.4, 0.5) is 0 Å². The first kappa shape index (κ1) is 14.3. The standard InChI is InChI=1S/C18H16O4/c1-9-5-10(2)17-14(6-9)12-4-3-11(18(21)22)7-13(12)15(17)8-16(19)20/h3-7,15H,8H2,1-2H3,(H,19,20)(H,21,22). The Balaban J connectivity index is 2.27. The average molecular weight is 296 g/mol. The second kappa shape index (κ2) is 4.98. The molecule has 0 bridgehead atoms. The molecule has 22 heavy (non-hydrogen) atoms. The van der Waals surface area contributed by atoms with Gasteiger partial charge in [-0.3, -0.25) is 4.79 Å². The lowest BCUT2D eigenvalue weighted by Crippen LogP contribution is -2.07. The highest BCUT2D eigenvalue weighted by molar-refractivity contribution is 5.91. The number of aliphatic carboxylic acids is 1. The summed E-state index contributed by atoms with van der Waals surface area (Å²) in [7, 11) is 0. The summed E-state index contributed by atoms with van der Waals surface area (Å²) in [4.78, 5) is 22.5. The molecule has 0 radical (unpaired) electrons. The van der Waals surface area contributed by atoms with E-state index in [1.807, 2.05) is 26.0 Å². The SMILES string of the molecule is Cc1cc(C)c2c(c1)-c1ccc(C(=O)O)cc1C2CC(=O)O. The van der Waals surface area contributed by atoms with Crippen LogP contribution < -0.4 is 0 Å². The number of hydrogen-bond donors (Lipinski definition) is 2. The number of aryl methyl sites for hydroxylation is 2. The Morgan fingerprint density at radius 3 is 2.41 bits per heavy atom. The van der Waals surface area contributed by atoms with E-state index in [1.165, 1.54) is 0 Å². The lowest BCUT2D eigenvalue weighted by Gasteiger charge is -2.14. The normalized spacial score (nSPS) is 15.3. The molecule has 0 saturated heterocycles. The molecule has 1 aliphatic rings. The van der Waals surface area contributed by atoms with Crippen LogP contribution in [0.15, 0.2) is 30.3 Å². The summed E-state index contributed by atoms with van der Waals surface area (Å²) in [6, 6.07) is 9.06. The van der Waals surface area contributed by atoms with Gasteiger partial charge in [-0.15, -0.1) is 0 Å². The van der Waals surface area contributed by atoms with Gasteiger partial charge in [-0.05, 0) is 53.8 Å². The largest absolute Gasteiger partial charge is 0.481 e. The van der Waals surface area contributed by atoms with Crippen LogP contribution in [0, 0.1) is 13.8 Å². The molecular weight excluding hydrogens is 280 g/mol. The fourth-order valence-electron chi connectivity index (χ4n) is 3.44. The summed E-state index contributed by atoms with van der Waals surface area (Å²) in [6.45, 7) is 3.98. The third-order valence-electron chi connectivity index (χ3n) is 4.22. The number of carboxylic acid groups (broad SMARTS) is 2. The first-order chi connectivity index (χ1) is 10.4. The average Bonchev–Trinajstić information content (AvgIpc) is 2.72. The highest BCUT2D eigenvalue weighted by Crippen LogP contribution is 2.48. The maximum atomic E-state index is 11.3. The van der Waals surface area contributed by atoms with Crippen molar-refractivity contribution < 1.29 is 19.8 Å². The van der Waals surface area contributed by atoms with Gasteiger partial charge in [-0.25, -0.2) is 4.79 Å². The van der Waals surface area contributed by atoms with E-state index in [2.05, 4.69) is 0 Å². The zero-order chi connectivity index (χ0) is 16.0. The van der Waals surface area contributed by atoms with Gasteiger partial charge in [-0.1, -0.05) is 23.8 Å². The van der Waals surface area contributed by atoms with E-state index in [9.17, 15) is 19.8 Å². The molecule has 112 valence electrons. The minimum atomic E-state index is -0.999. The summed E-state index contributed by atoms with van der Waals surface area (Å²) in [5, 5.41) is 18.4. The molecule has 4 nitrogen and oxygen atoms in total. The van der Waals surface area contributed by atoms with Crippen LogP contribution in [0.25, 0.3) is 11.1 Å². The van der Waals surface area contributed by atoms with Gasteiger partial charge >= 0.3 is 11.9 Å². The molecule has 0 fully saturated rings. The first-order valence-corrected chi connectivity index (χ1v) is 7.09. The Hall–Kier alpha value is -2.62. The lowest BCUT2D eigenvalue weighted by atomic mass is 9.89. The Morgan fingerprint density at radius 1 is 1.05 bits per heavy atom. The van der Waals surface area contributed by atoms with Crippen molar-refractivity contribution in [1.82, 2.24) is 0 Å². The van der Waals surface area contributed by atoms with Gasteiger partial charge in [-0.2, -0.15) is 0 Å². The monoisotopic (exact) mass is 296 g/mol. The first-order valence-electron chi connectivity index (χ1n) is 7.09. The van der Waals surface area contributed by atoms with Gasteiger partial charge < -0.3 is 10.2 Å². The molecule has 2 N–H and O–H groups in total. The van der Waals surface area contributed by atoms with Crippen molar-refractivity contribution in [2.75, 3.05) is 0 Å². The van der Waals surface area contributed by atoms with Crippen LogP contribution in [-0.2, 0) is 4.79 Å². The molecule has 2 aromatic rings. The molecule has 0 saturated carbocycles. The van der Waals surface area contributed by atoms with Crippen LogP contribution in [0.5, 0.6) is 0 Å². The van der Waals surface area contributed by atoms with Crippen molar-refractivity contribution in [2.24, 2.45) is 0 Å². The topological polar surface area (TPSA) is 74.6 Å². The number of benzene rings is 2. The molecule has 1 atom stereocenters. The van der Waals surface area contributed by atoms with E-state index < -0.39 is 11.9 Å². The van der Waals surface area contributed by atoms with Crippen molar-refractivity contribution in [3.63, 3.8) is 0 Å². The third-order valence-corrected chi connectivity index (χ3v) is 4.22. The van der Waals surface area contributed by atoms with Gasteiger partial charge in [0.05, 0.1) is 12.0 Å². The smallest absolute Gasteiger partial charge is 0.335 e. The molecule has 0 spiro atoms. The fourth-order valence-corrected chi connectivity index (χ4v) is 3.44. The minimum absolute atomic E-state index is 0.0347. The van der Waals surface area contributed by atoms with E-state index in [1.54, 1.807) is 18.2 Å². The van der Waals surface area contributed by atoms with Crippen LogP contribution in [-0.4, -0.2) is 22.2 Å². The zero-order valence-electron chi connectivity index (χ0n) is 12.4. The lowest BCUT2D eigenvalue weighted by molar-refractivity contribution is -0.137. The number of carbonyl (C=O) groups is 2. The number of rotatable bonds is 3. The van der Waals surface area contributed by atoms with Crippen LogP contribution in [0.2, 0.25) is 0 Å². The van der Waals surface area contributed by atoms with Gasteiger partial charge in [0.2, 0.25) is 0 Å². The van der Waals surface area contributed by atoms with Gasteiger partial charge in [0, 0.05) is 5.92 Å². The van der Waals surface area contributed by atoms with E-state index in [-0.39, 0.29) is 17.9 Å². The van der Waals surface area contributed by atoms with Gasteiger partial charge in [0.25, 0.3) is 0 Å². The molecule has 2 aromatic carbocycles. The zero-order valence-corrected chi connectivity index (χ0v) is 12.4. The molecule has 3 rings (SSSR count). The highest BCUT2D eigenvalue weighted by atomic mass is 16.4. The predicted octanol–water partition coefficient (Wildman–Crippen LogP) is 3.59. The molecule has 1 aliphatic carbocycles. The summed E-state index contributed by atoms with van der Waals surface area (Å²) in [6.07, 6.45) is -0.0347. The minimum Gasteiger partial charge on any atom is -0.481 e. The predicted molar refractivity (Wildman–Crippen MR) is 82.4 cm³/mol. The van der Waals surface area contributed by atoms with Crippen LogP contribution in [0.3, 0.4) is 0 Å². The maximum Gasteiger partial charge on any atom is 0.335 e. The Labute approximate surface area is 128 Å². The Morgan fingerprint density at radius 2 is 1.77 bits per heavy atom. The Bertz CT molecular complexity index is 805. The quantitative estimate of drug-likeness (QED) is 0.907. The summed E-state index contributed by atoms with van der Waals surface area (Å²) in [5.41, 5.74) is 6.12. The van der Waals surface area contributed by atoms with E-state index in [4.69, 9.17) is 0 Å². The number of hydrogen-bond acceptors (Lipinski definition) is 2. The van der Waals surface area contributed by atoms with Gasteiger partial charge in [0.15, 0.2) is 0 Å².